The lowest BCUT2D eigenvalue weighted by molar-refractivity contribution is -0.144. The zero-order valence-electron chi connectivity index (χ0n) is 30.3. The third-order valence-corrected chi connectivity index (χ3v) is 11.8. The molecule has 3 aliphatic rings. The van der Waals surface area contributed by atoms with E-state index in [-0.39, 0.29) is 43.7 Å². The van der Waals surface area contributed by atoms with Crippen LogP contribution in [0, 0.1) is 17.3 Å². The minimum atomic E-state index is -3.58. The third kappa shape index (κ3) is 10.3. The van der Waals surface area contributed by atoms with E-state index >= 15 is 0 Å². The van der Waals surface area contributed by atoms with Gasteiger partial charge < -0.3 is 30.9 Å². The van der Waals surface area contributed by atoms with Crippen molar-refractivity contribution in [1.82, 2.24) is 26.2 Å². The summed E-state index contributed by atoms with van der Waals surface area (Å²) < 4.78 is 31.6. The minimum absolute atomic E-state index is 0.0709. The van der Waals surface area contributed by atoms with Crippen LogP contribution in [0.25, 0.3) is 0 Å². The monoisotopic (exact) mass is 709 g/mol. The van der Waals surface area contributed by atoms with Crippen molar-refractivity contribution < 1.29 is 37.1 Å². The molecule has 4 N–H and O–H groups in total. The first-order chi connectivity index (χ1) is 23.0. The van der Waals surface area contributed by atoms with Gasteiger partial charge in [0.2, 0.25) is 17.6 Å². The first-order valence-electron chi connectivity index (χ1n) is 17.9. The molecule has 0 aromatic rings. The summed E-state index contributed by atoms with van der Waals surface area (Å²) in [6.45, 7) is 15.5. The number of carbonyl (C=O) groups is 5. The number of hydrogen-bond acceptors (Lipinski definition) is 8. The molecule has 0 unspecified atom stereocenters. The summed E-state index contributed by atoms with van der Waals surface area (Å²) in [5.74, 6) is -2.61. The molecule has 0 bridgehead atoms. The number of Topliss-reactive ketones (excluding diaryl/α,β-unsaturated/α-hetero) is 1. The molecule has 1 aliphatic carbocycles. The predicted octanol–water partition coefficient (Wildman–Crippen LogP) is 2.98. The number of ether oxygens (including phenoxy) is 1. The van der Waals surface area contributed by atoms with Gasteiger partial charge in [0.25, 0.3) is 5.91 Å². The maximum atomic E-state index is 14.5. The smallest absolute Gasteiger partial charge is 0.316 e. The normalized spacial score (nSPS) is 24.5. The number of likely N-dealkylation sites (tertiary alicyclic amines) is 1. The van der Waals surface area contributed by atoms with Gasteiger partial charge in [-0.1, -0.05) is 79.7 Å². The standard InChI is InChI=1S/C35H59N5O8S/c1-8-10-14-25(27(41)30(43)36-18-9-2)37-29(42)26-24(22-23(3)4)15-19-40(26)31(44)28(34(5,6)7)38-33(45)39-35(16-12-11-13-17-35)32-48-20-21-49(32,46)47/h9,23-26,28,32H,2,8,10-22H2,1,3-7H3,(H,36,43)(H,37,42)(H2,38,39,45)/t24-,25+,26+,28-,32-/m1/s1. The molecule has 49 heavy (non-hydrogen) atoms. The number of sulfone groups is 1. The Morgan fingerprint density at radius 1 is 1.06 bits per heavy atom. The van der Waals surface area contributed by atoms with E-state index in [4.69, 9.17) is 4.74 Å². The van der Waals surface area contributed by atoms with Crippen molar-refractivity contribution in [2.24, 2.45) is 17.3 Å². The van der Waals surface area contributed by atoms with Gasteiger partial charge in [-0.05, 0) is 49.4 Å². The molecule has 3 rings (SSSR count). The first-order valence-corrected chi connectivity index (χ1v) is 19.6. The minimum Gasteiger partial charge on any atom is -0.359 e. The molecule has 14 heteroatoms. The van der Waals surface area contributed by atoms with Crippen molar-refractivity contribution >= 4 is 39.4 Å². The summed E-state index contributed by atoms with van der Waals surface area (Å²) in [6.07, 6.45) is 7.55. The zero-order valence-corrected chi connectivity index (χ0v) is 31.1. The predicted molar refractivity (Wildman–Crippen MR) is 187 cm³/mol. The Bertz CT molecular complexity index is 1320. The molecule has 0 spiro atoms. The van der Waals surface area contributed by atoms with Gasteiger partial charge in [-0.25, -0.2) is 13.2 Å². The topological polar surface area (TPSA) is 180 Å². The zero-order chi connectivity index (χ0) is 36.6. The molecular weight excluding hydrogens is 650 g/mol. The second-order valence-corrected chi connectivity index (χ2v) is 17.6. The van der Waals surface area contributed by atoms with Gasteiger partial charge in [-0.2, -0.15) is 0 Å². The van der Waals surface area contributed by atoms with E-state index in [1.165, 1.54) is 11.0 Å². The van der Waals surface area contributed by atoms with Crippen LogP contribution in [0.5, 0.6) is 0 Å². The van der Waals surface area contributed by atoms with Gasteiger partial charge in [0, 0.05) is 13.1 Å². The van der Waals surface area contributed by atoms with Gasteiger partial charge in [0.1, 0.15) is 12.1 Å². The molecule has 0 radical (unpaired) electrons. The van der Waals surface area contributed by atoms with Crippen LogP contribution in [-0.4, -0.2) is 97.4 Å². The van der Waals surface area contributed by atoms with Crippen LogP contribution in [0.3, 0.4) is 0 Å². The molecule has 1 saturated carbocycles. The second-order valence-electron chi connectivity index (χ2n) is 15.4. The fourth-order valence-electron chi connectivity index (χ4n) is 7.45. The number of unbranched alkanes of at least 4 members (excludes halogenated alkanes) is 1. The lowest BCUT2D eigenvalue weighted by Gasteiger charge is -2.42. The van der Waals surface area contributed by atoms with E-state index in [2.05, 4.69) is 27.8 Å². The highest BCUT2D eigenvalue weighted by molar-refractivity contribution is 7.92. The largest absolute Gasteiger partial charge is 0.359 e. The van der Waals surface area contributed by atoms with Crippen molar-refractivity contribution in [2.75, 3.05) is 25.4 Å². The van der Waals surface area contributed by atoms with Crippen molar-refractivity contribution in [3.63, 3.8) is 0 Å². The third-order valence-electron chi connectivity index (χ3n) is 9.87. The van der Waals surface area contributed by atoms with E-state index in [1.54, 1.807) is 0 Å². The molecule has 278 valence electrons. The summed E-state index contributed by atoms with van der Waals surface area (Å²) in [5, 5.41) is 11.1. The van der Waals surface area contributed by atoms with Crippen LogP contribution in [0.1, 0.15) is 106 Å². The van der Waals surface area contributed by atoms with Gasteiger partial charge >= 0.3 is 6.03 Å². The Balaban J connectivity index is 1.88. The van der Waals surface area contributed by atoms with Crippen molar-refractivity contribution in [3.05, 3.63) is 12.7 Å². The quantitative estimate of drug-likeness (QED) is 0.148. The Morgan fingerprint density at radius 3 is 2.29 bits per heavy atom. The van der Waals surface area contributed by atoms with Crippen LogP contribution < -0.4 is 21.3 Å². The first kappa shape index (κ1) is 40.4. The number of nitrogens with zero attached hydrogens (tertiary/aromatic N) is 1. The van der Waals surface area contributed by atoms with Crippen LogP contribution in [0.4, 0.5) is 4.79 Å². The molecular formula is C35H59N5O8S. The second kappa shape index (κ2) is 17.3. The molecule has 2 heterocycles. The fraction of sp³-hybridized carbons (Fsp3) is 0.800. The number of ketones is 1. The van der Waals surface area contributed by atoms with Crippen molar-refractivity contribution in [3.8, 4) is 0 Å². The highest BCUT2D eigenvalue weighted by Crippen LogP contribution is 2.38. The SMILES string of the molecule is C=CCNC(=O)C(=O)[C@H](CCCC)NC(=O)[C@@H]1[C@@H](CC(C)C)CCN1C(=O)[C@@H](NC(=O)NC1([C@@H]2OCCS2(=O)=O)CCCCC1)C(C)(C)C. The molecule has 0 aromatic heterocycles. The average molecular weight is 710 g/mol. The number of rotatable bonds is 15. The lowest BCUT2D eigenvalue weighted by atomic mass is 9.82. The number of hydrogen-bond donors (Lipinski definition) is 4. The van der Waals surface area contributed by atoms with E-state index in [1.807, 2.05) is 41.5 Å². The molecule has 2 aliphatic heterocycles. The highest BCUT2D eigenvalue weighted by Gasteiger charge is 2.52. The number of carbonyl (C=O) groups excluding carboxylic acids is 5. The molecule has 2 saturated heterocycles. The van der Waals surface area contributed by atoms with E-state index in [0.29, 0.717) is 32.1 Å². The maximum absolute atomic E-state index is 14.5. The Labute approximate surface area is 292 Å². The highest BCUT2D eigenvalue weighted by atomic mass is 32.2. The van der Waals surface area contributed by atoms with E-state index in [9.17, 15) is 32.4 Å². The Morgan fingerprint density at radius 2 is 1.73 bits per heavy atom. The van der Waals surface area contributed by atoms with Crippen molar-refractivity contribution in [2.45, 2.75) is 135 Å². The molecule has 3 fully saturated rings. The van der Waals surface area contributed by atoms with Crippen molar-refractivity contribution in [1.29, 1.82) is 0 Å². The summed E-state index contributed by atoms with van der Waals surface area (Å²) in [6, 6.07) is -3.71. The Kier molecular flexibility index (Phi) is 14.3. The van der Waals surface area contributed by atoms with Gasteiger partial charge in [-0.15, -0.1) is 6.58 Å². The number of urea groups is 1. The maximum Gasteiger partial charge on any atom is 0.316 e. The summed E-state index contributed by atoms with van der Waals surface area (Å²) in [5.41, 5.74) is -3.05. The van der Waals surface area contributed by atoms with Crippen LogP contribution >= 0.6 is 0 Å². The average Bonchev–Trinajstić information content (AvgIpc) is 3.61. The molecule has 5 amide bonds. The molecule has 5 atom stereocenters. The van der Waals surface area contributed by atoms with Gasteiger partial charge in [-0.3, -0.25) is 19.2 Å². The van der Waals surface area contributed by atoms with Crippen LogP contribution in [-0.2, 0) is 33.8 Å². The molecule has 0 aromatic carbocycles. The number of amides is 5. The Hall–Kier alpha value is -3.00. The number of nitrogens with one attached hydrogen (secondary N) is 4. The van der Waals surface area contributed by atoms with E-state index < -0.39 is 73.9 Å². The van der Waals surface area contributed by atoms with Gasteiger partial charge in [0.05, 0.1) is 23.9 Å². The van der Waals surface area contributed by atoms with E-state index in [0.717, 1.165) is 25.7 Å². The summed E-state index contributed by atoms with van der Waals surface area (Å²) in [7, 11) is -3.58. The summed E-state index contributed by atoms with van der Waals surface area (Å²) >= 11 is 0. The molecule has 13 nitrogen and oxygen atoms in total. The van der Waals surface area contributed by atoms with Gasteiger partial charge in [0.15, 0.2) is 15.3 Å². The van der Waals surface area contributed by atoms with Crippen LogP contribution in [0.2, 0.25) is 0 Å². The lowest BCUT2D eigenvalue weighted by Crippen LogP contribution is -2.65. The fourth-order valence-corrected chi connectivity index (χ4v) is 9.28. The van der Waals surface area contributed by atoms with Crippen LogP contribution in [0.15, 0.2) is 12.7 Å². The summed E-state index contributed by atoms with van der Waals surface area (Å²) in [4.78, 5) is 69.5.